The number of aromatic hydroxyl groups is 1. The van der Waals surface area contributed by atoms with Gasteiger partial charge in [-0.3, -0.25) is 0 Å². The van der Waals surface area contributed by atoms with Gasteiger partial charge in [-0.15, -0.1) is 0 Å². The average Bonchev–Trinajstić information content (AvgIpc) is 2.47. The van der Waals surface area contributed by atoms with Crippen LogP contribution in [0.1, 0.15) is 11.1 Å². The quantitative estimate of drug-likeness (QED) is 0.682. The minimum atomic E-state index is 0.0645. The molecule has 0 atom stereocenters. The zero-order valence-electron chi connectivity index (χ0n) is 10.8. The number of hydrogen-bond donors (Lipinski definition) is 1. The second kappa shape index (κ2) is 6.14. The van der Waals surface area contributed by atoms with Crippen LogP contribution in [0.3, 0.4) is 0 Å². The predicted molar refractivity (Wildman–Crippen MR) is 79.6 cm³/mol. The highest BCUT2D eigenvalue weighted by Gasteiger charge is 2.04. The van der Waals surface area contributed by atoms with Crippen LogP contribution >= 0.6 is 11.6 Å². The number of hydrogen-bond acceptors (Lipinski definition) is 3. The Hall–Kier alpha value is -2.44. The standard InChI is InChI=1S/C16H12ClNO2/c1-20-16-9-11(2-7-15(16)19)8-13(10-18)12-3-5-14(17)6-4-12/h2-9,19H,1H3. The first-order valence-corrected chi connectivity index (χ1v) is 6.26. The van der Waals surface area contributed by atoms with Crippen molar-refractivity contribution in [3.05, 3.63) is 58.6 Å². The van der Waals surface area contributed by atoms with Crippen LogP contribution in [-0.2, 0) is 0 Å². The number of nitriles is 1. The molecular weight excluding hydrogens is 274 g/mol. The molecule has 20 heavy (non-hydrogen) atoms. The lowest BCUT2D eigenvalue weighted by atomic mass is 10.0. The highest BCUT2D eigenvalue weighted by molar-refractivity contribution is 6.30. The number of benzene rings is 2. The zero-order valence-corrected chi connectivity index (χ0v) is 11.6. The minimum Gasteiger partial charge on any atom is -0.504 e. The van der Waals surface area contributed by atoms with E-state index < -0.39 is 0 Å². The summed E-state index contributed by atoms with van der Waals surface area (Å²) in [5.41, 5.74) is 2.06. The zero-order chi connectivity index (χ0) is 14.5. The lowest BCUT2D eigenvalue weighted by Crippen LogP contribution is -1.86. The number of allylic oxidation sites excluding steroid dienone is 1. The Labute approximate surface area is 122 Å². The molecule has 0 aliphatic heterocycles. The summed E-state index contributed by atoms with van der Waals surface area (Å²) in [4.78, 5) is 0. The third-order valence-electron chi connectivity index (χ3n) is 2.79. The van der Waals surface area contributed by atoms with Crippen molar-refractivity contribution >= 4 is 23.3 Å². The fourth-order valence-electron chi connectivity index (χ4n) is 1.76. The fraction of sp³-hybridized carbons (Fsp3) is 0.0625. The molecule has 0 saturated heterocycles. The first-order chi connectivity index (χ1) is 9.63. The van der Waals surface area contributed by atoms with Crippen LogP contribution in [0.4, 0.5) is 0 Å². The number of rotatable bonds is 3. The number of nitrogens with zero attached hydrogens (tertiary/aromatic N) is 1. The molecule has 100 valence electrons. The third-order valence-corrected chi connectivity index (χ3v) is 3.04. The summed E-state index contributed by atoms with van der Waals surface area (Å²) in [6.45, 7) is 0. The molecule has 2 aromatic rings. The van der Waals surface area contributed by atoms with Gasteiger partial charge in [-0.1, -0.05) is 29.8 Å². The van der Waals surface area contributed by atoms with E-state index in [2.05, 4.69) is 6.07 Å². The van der Waals surface area contributed by atoms with E-state index in [9.17, 15) is 10.4 Å². The highest BCUT2D eigenvalue weighted by atomic mass is 35.5. The van der Waals surface area contributed by atoms with Crippen LogP contribution in [0.2, 0.25) is 5.02 Å². The molecule has 3 nitrogen and oxygen atoms in total. The van der Waals surface area contributed by atoms with Gasteiger partial charge in [0.1, 0.15) is 0 Å². The summed E-state index contributed by atoms with van der Waals surface area (Å²) in [5.74, 6) is 0.432. The maximum Gasteiger partial charge on any atom is 0.161 e. The molecular formula is C16H12ClNO2. The Kier molecular flexibility index (Phi) is 4.29. The summed E-state index contributed by atoms with van der Waals surface area (Å²) < 4.78 is 5.04. The molecule has 2 rings (SSSR count). The predicted octanol–water partition coefficient (Wildman–Crippen LogP) is 4.12. The SMILES string of the molecule is COc1cc(C=C(C#N)c2ccc(Cl)cc2)ccc1O. The van der Waals surface area contributed by atoms with Crippen molar-refractivity contribution in [2.45, 2.75) is 0 Å². The number of phenolic OH excluding ortho intramolecular Hbond substituents is 1. The van der Waals surface area contributed by atoms with Crippen molar-refractivity contribution in [1.82, 2.24) is 0 Å². The largest absolute Gasteiger partial charge is 0.504 e. The van der Waals surface area contributed by atoms with E-state index in [1.807, 2.05) is 0 Å². The second-order valence-corrected chi connectivity index (χ2v) is 4.54. The molecule has 0 spiro atoms. The summed E-state index contributed by atoms with van der Waals surface area (Å²) >= 11 is 5.83. The molecule has 0 saturated carbocycles. The van der Waals surface area contributed by atoms with Crippen molar-refractivity contribution in [2.24, 2.45) is 0 Å². The number of methoxy groups -OCH3 is 1. The number of ether oxygens (including phenoxy) is 1. The monoisotopic (exact) mass is 285 g/mol. The van der Waals surface area contributed by atoms with E-state index in [4.69, 9.17) is 16.3 Å². The Morgan fingerprint density at radius 3 is 2.55 bits per heavy atom. The van der Waals surface area contributed by atoms with E-state index in [1.54, 1.807) is 42.5 Å². The summed E-state index contributed by atoms with van der Waals surface area (Å²) in [7, 11) is 1.48. The molecule has 0 bridgehead atoms. The van der Waals surface area contributed by atoms with Crippen molar-refractivity contribution in [3.63, 3.8) is 0 Å². The Morgan fingerprint density at radius 2 is 1.95 bits per heavy atom. The van der Waals surface area contributed by atoms with Crippen molar-refractivity contribution in [3.8, 4) is 17.6 Å². The first kappa shape index (κ1) is 14.0. The Balaban J connectivity index is 2.41. The Bertz CT molecular complexity index is 685. The van der Waals surface area contributed by atoms with E-state index in [-0.39, 0.29) is 5.75 Å². The Morgan fingerprint density at radius 1 is 1.25 bits per heavy atom. The fourth-order valence-corrected chi connectivity index (χ4v) is 1.89. The summed E-state index contributed by atoms with van der Waals surface area (Å²) in [6, 6.07) is 14.1. The second-order valence-electron chi connectivity index (χ2n) is 4.11. The van der Waals surface area contributed by atoms with Gasteiger partial charge in [-0.05, 0) is 41.5 Å². The lowest BCUT2D eigenvalue weighted by Gasteiger charge is -2.05. The molecule has 4 heteroatoms. The first-order valence-electron chi connectivity index (χ1n) is 5.89. The van der Waals surface area contributed by atoms with Crippen LogP contribution in [-0.4, -0.2) is 12.2 Å². The molecule has 0 fully saturated rings. The smallest absolute Gasteiger partial charge is 0.161 e. The topological polar surface area (TPSA) is 53.2 Å². The van der Waals surface area contributed by atoms with Gasteiger partial charge in [-0.25, -0.2) is 0 Å². The van der Waals surface area contributed by atoms with Crippen LogP contribution in [0.5, 0.6) is 11.5 Å². The van der Waals surface area contributed by atoms with Crippen LogP contribution < -0.4 is 4.74 Å². The molecule has 0 unspecified atom stereocenters. The van der Waals surface area contributed by atoms with Gasteiger partial charge in [0, 0.05) is 5.02 Å². The van der Waals surface area contributed by atoms with Crippen molar-refractivity contribution in [2.75, 3.05) is 7.11 Å². The molecule has 0 aliphatic rings. The van der Waals surface area contributed by atoms with Gasteiger partial charge in [0.05, 0.1) is 18.8 Å². The molecule has 0 aliphatic carbocycles. The molecule has 0 heterocycles. The summed E-state index contributed by atoms with van der Waals surface area (Å²) in [5, 5.41) is 19.4. The third kappa shape index (κ3) is 3.11. The normalized spacial score (nSPS) is 10.9. The maximum absolute atomic E-state index is 9.55. The molecule has 2 aromatic carbocycles. The van der Waals surface area contributed by atoms with Crippen molar-refractivity contribution < 1.29 is 9.84 Å². The van der Waals surface area contributed by atoms with Gasteiger partial charge < -0.3 is 9.84 Å². The molecule has 1 N–H and O–H groups in total. The van der Waals surface area contributed by atoms with Crippen LogP contribution in [0, 0.1) is 11.3 Å². The lowest BCUT2D eigenvalue weighted by molar-refractivity contribution is 0.373. The van der Waals surface area contributed by atoms with Crippen LogP contribution in [0.15, 0.2) is 42.5 Å². The highest BCUT2D eigenvalue weighted by Crippen LogP contribution is 2.28. The molecule has 0 radical (unpaired) electrons. The average molecular weight is 286 g/mol. The minimum absolute atomic E-state index is 0.0645. The van der Waals surface area contributed by atoms with E-state index in [0.717, 1.165) is 11.1 Å². The van der Waals surface area contributed by atoms with E-state index in [1.165, 1.54) is 13.2 Å². The van der Waals surface area contributed by atoms with Gasteiger partial charge in [0.15, 0.2) is 11.5 Å². The maximum atomic E-state index is 9.55. The van der Waals surface area contributed by atoms with Gasteiger partial charge in [0.25, 0.3) is 0 Å². The van der Waals surface area contributed by atoms with Gasteiger partial charge in [-0.2, -0.15) is 5.26 Å². The summed E-state index contributed by atoms with van der Waals surface area (Å²) in [6.07, 6.45) is 1.73. The van der Waals surface area contributed by atoms with E-state index >= 15 is 0 Å². The number of halogens is 1. The van der Waals surface area contributed by atoms with Crippen molar-refractivity contribution in [1.29, 1.82) is 5.26 Å². The number of phenols is 1. The van der Waals surface area contributed by atoms with Gasteiger partial charge in [0.2, 0.25) is 0 Å². The van der Waals surface area contributed by atoms with Gasteiger partial charge >= 0.3 is 0 Å². The molecule has 0 aromatic heterocycles. The molecule has 0 amide bonds. The van der Waals surface area contributed by atoms with E-state index in [0.29, 0.717) is 16.3 Å². The van der Waals surface area contributed by atoms with Crippen LogP contribution in [0.25, 0.3) is 11.6 Å².